The fraction of sp³-hybridized carbons (Fsp3) is 0.167. The minimum Gasteiger partial charge on any atom is -0.309 e. The highest BCUT2D eigenvalue weighted by Gasteiger charge is 2.14. The Morgan fingerprint density at radius 3 is 2.02 bits per heavy atom. The van der Waals surface area contributed by atoms with E-state index < -0.39 is 0 Å². The molecule has 0 aliphatic rings. The monoisotopic (exact) mass is 570 g/mol. The molecule has 2 heteroatoms. The second-order valence-corrected chi connectivity index (χ2v) is 11.9. The molecule has 2 aromatic heterocycles. The van der Waals surface area contributed by atoms with Crippen LogP contribution >= 0.6 is 0 Å². The summed E-state index contributed by atoms with van der Waals surface area (Å²) in [6, 6.07) is 48.3. The summed E-state index contributed by atoms with van der Waals surface area (Å²) in [6.45, 7) is 2.17. The Morgan fingerprint density at radius 2 is 1.20 bits per heavy atom. The number of aromatic nitrogens is 2. The minimum atomic E-state index is 1.00. The second kappa shape index (κ2) is 12.7. The van der Waals surface area contributed by atoms with Gasteiger partial charge in [0.1, 0.15) is 0 Å². The maximum absolute atomic E-state index is 4.91. The molecule has 2 nitrogen and oxygen atoms in total. The third-order valence-electron chi connectivity index (χ3n) is 8.85. The van der Waals surface area contributed by atoms with Crippen molar-refractivity contribution < 1.29 is 0 Å². The molecule has 0 fully saturated rings. The van der Waals surface area contributed by atoms with Gasteiger partial charge in [-0.1, -0.05) is 116 Å². The van der Waals surface area contributed by atoms with E-state index in [9.17, 15) is 0 Å². The SMILES string of the molecule is Cc1cnc(-c2ccc3c4ccccc4n(-c4ccccc4)c3c2)cc1-c1cccc(CCCCCCc2ccccc2)c1. The first-order valence-electron chi connectivity index (χ1n) is 15.9. The summed E-state index contributed by atoms with van der Waals surface area (Å²) >= 11 is 0. The van der Waals surface area contributed by atoms with Crippen molar-refractivity contribution in [3.05, 3.63) is 156 Å². The molecule has 0 saturated heterocycles. The van der Waals surface area contributed by atoms with Gasteiger partial charge in [0.05, 0.1) is 16.7 Å². The molecule has 0 amide bonds. The number of pyridine rings is 1. The van der Waals surface area contributed by atoms with E-state index in [2.05, 4.69) is 145 Å². The van der Waals surface area contributed by atoms with Crippen LogP contribution in [0, 0.1) is 6.92 Å². The molecule has 44 heavy (non-hydrogen) atoms. The van der Waals surface area contributed by atoms with Crippen LogP contribution in [0.5, 0.6) is 0 Å². The summed E-state index contributed by atoms with van der Waals surface area (Å²) in [6.07, 6.45) is 9.39. The molecule has 2 heterocycles. The van der Waals surface area contributed by atoms with Crippen molar-refractivity contribution in [1.82, 2.24) is 9.55 Å². The number of benzene rings is 5. The Labute approximate surface area is 260 Å². The molecule has 0 unspecified atom stereocenters. The van der Waals surface area contributed by atoms with E-state index in [1.807, 2.05) is 6.20 Å². The summed E-state index contributed by atoms with van der Waals surface area (Å²) in [7, 11) is 0. The predicted octanol–water partition coefficient (Wildman–Crippen LogP) is 11.2. The summed E-state index contributed by atoms with van der Waals surface area (Å²) in [5, 5.41) is 2.52. The van der Waals surface area contributed by atoms with Crippen LogP contribution in [0.2, 0.25) is 0 Å². The highest BCUT2D eigenvalue weighted by molar-refractivity contribution is 6.10. The topological polar surface area (TPSA) is 17.8 Å². The molecule has 0 bridgehead atoms. The van der Waals surface area contributed by atoms with E-state index in [0.717, 1.165) is 17.7 Å². The molecule has 0 aliphatic heterocycles. The lowest BCUT2D eigenvalue weighted by atomic mass is 9.96. The van der Waals surface area contributed by atoms with Gasteiger partial charge in [-0.25, -0.2) is 0 Å². The van der Waals surface area contributed by atoms with Gasteiger partial charge in [0, 0.05) is 28.2 Å². The summed E-state index contributed by atoms with van der Waals surface area (Å²) in [5.41, 5.74) is 12.3. The number of unbranched alkanes of at least 4 members (excludes halogenated alkanes) is 3. The van der Waals surface area contributed by atoms with Gasteiger partial charge >= 0.3 is 0 Å². The van der Waals surface area contributed by atoms with Crippen LogP contribution in [0.25, 0.3) is 49.9 Å². The zero-order valence-corrected chi connectivity index (χ0v) is 25.4. The smallest absolute Gasteiger partial charge is 0.0709 e. The fourth-order valence-electron chi connectivity index (χ4n) is 6.53. The van der Waals surface area contributed by atoms with Crippen molar-refractivity contribution >= 4 is 21.8 Å². The number of nitrogens with zero attached hydrogens (tertiary/aromatic N) is 2. The summed E-state index contributed by atoms with van der Waals surface area (Å²) in [5.74, 6) is 0. The zero-order chi connectivity index (χ0) is 29.7. The second-order valence-electron chi connectivity index (χ2n) is 11.9. The summed E-state index contributed by atoms with van der Waals surface area (Å²) in [4.78, 5) is 4.91. The van der Waals surface area contributed by atoms with Crippen molar-refractivity contribution in [2.45, 2.75) is 45.4 Å². The van der Waals surface area contributed by atoms with E-state index in [1.54, 1.807) is 0 Å². The molecule has 0 spiro atoms. The Balaban J connectivity index is 1.13. The zero-order valence-electron chi connectivity index (χ0n) is 25.4. The number of para-hydroxylation sites is 2. The van der Waals surface area contributed by atoms with Crippen LogP contribution in [0.1, 0.15) is 42.4 Å². The first kappa shape index (κ1) is 27.9. The maximum atomic E-state index is 4.91. The molecule has 0 radical (unpaired) electrons. The molecule has 7 aromatic rings. The Kier molecular flexibility index (Phi) is 8.06. The van der Waals surface area contributed by atoms with E-state index in [1.165, 1.54) is 87.4 Å². The van der Waals surface area contributed by atoms with Crippen molar-refractivity contribution in [2.75, 3.05) is 0 Å². The number of rotatable bonds is 10. The van der Waals surface area contributed by atoms with Crippen LogP contribution < -0.4 is 0 Å². The molecule has 0 saturated carbocycles. The number of hydrogen-bond acceptors (Lipinski definition) is 1. The Hall–Kier alpha value is -4.95. The van der Waals surface area contributed by atoms with Gasteiger partial charge in [0.25, 0.3) is 0 Å². The average Bonchev–Trinajstić information content (AvgIpc) is 3.41. The Bertz CT molecular complexity index is 2020. The predicted molar refractivity (Wildman–Crippen MR) is 187 cm³/mol. The highest BCUT2D eigenvalue weighted by atomic mass is 15.0. The minimum absolute atomic E-state index is 1.00. The largest absolute Gasteiger partial charge is 0.309 e. The molecule has 0 aliphatic carbocycles. The van der Waals surface area contributed by atoms with Gasteiger partial charge in [-0.3, -0.25) is 4.98 Å². The third kappa shape index (κ3) is 5.81. The lowest BCUT2D eigenvalue weighted by Crippen LogP contribution is -1.94. The van der Waals surface area contributed by atoms with Gasteiger partial charge in [-0.15, -0.1) is 0 Å². The van der Waals surface area contributed by atoms with Crippen LogP contribution in [0.4, 0.5) is 0 Å². The lowest BCUT2D eigenvalue weighted by molar-refractivity contribution is 0.640. The highest BCUT2D eigenvalue weighted by Crippen LogP contribution is 2.35. The lowest BCUT2D eigenvalue weighted by Gasteiger charge is -2.12. The van der Waals surface area contributed by atoms with Gasteiger partial charge in [0.15, 0.2) is 0 Å². The first-order valence-corrected chi connectivity index (χ1v) is 15.9. The molecule has 5 aromatic carbocycles. The maximum Gasteiger partial charge on any atom is 0.0709 e. The van der Waals surface area contributed by atoms with E-state index in [0.29, 0.717) is 0 Å². The first-order chi connectivity index (χ1) is 21.7. The van der Waals surface area contributed by atoms with E-state index in [4.69, 9.17) is 4.98 Å². The average molecular weight is 571 g/mol. The van der Waals surface area contributed by atoms with E-state index >= 15 is 0 Å². The van der Waals surface area contributed by atoms with Gasteiger partial charge < -0.3 is 4.57 Å². The van der Waals surface area contributed by atoms with Crippen LogP contribution in [0.15, 0.2) is 140 Å². The quantitative estimate of drug-likeness (QED) is 0.150. The van der Waals surface area contributed by atoms with Crippen molar-refractivity contribution in [3.8, 4) is 28.1 Å². The Morgan fingerprint density at radius 1 is 0.523 bits per heavy atom. The summed E-state index contributed by atoms with van der Waals surface area (Å²) < 4.78 is 2.37. The molecule has 7 rings (SSSR count). The third-order valence-corrected chi connectivity index (χ3v) is 8.85. The number of fused-ring (bicyclic) bond motifs is 3. The van der Waals surface area contributed by atoms with Crippen LogP contribution in [-0.4, -0.2) is 9.55 Å². The van der Waals surface area contributed by atoms with Crippen LogP contribution in [0.3, 0.4) is 0 Å². The molecule has 216 valence electrons. The van der Waals surface area contributed by atoms with Crippen LogP contribution in [-0.2, 0) is 12.8 Å². The van der Waals surface area contributed by atoms with Crippen molar-refractivity contribution in [1.29, 1.82) is 0 Å². The van der Waals surface area contributed by atoms with E-state index in [-0.39, 0.29) is 0 Å². The molecule has 0 atom stereocenters. The number of aryl methyl sites for hydroxylation is 3. The van der Waals surface area contributed by atoms with Gasteiger partial charge in [0.2, 0.25) is 0 Å². The fourth-order valence-corrected chi connectivity index (χ4v) is 6.53. The molecular formula is C42H38N2. The molecular weight excluding hydrogens is 532 g/mol. The van der Waals surface area contributed by atoms with Gasteiger partial charge in [-0.05, 0) is 90.8 Å². The van der Waals surface area contributed by atoms with Crippen molar-refractivity contribution in [2.24, 2.45) is 0 Å². The van der Waals surface area contributed by atoms with Gasteiger partial charge in [-0.2, -0.15) is 0 Å². The molecule has 0 N–H and O–H groups in total. The standard InChI is InChI=1S/C42H38N2/c1-31-30-43-40(29-39(31)34-20-14-19-33(27-34)18-7-3-2-6-15-32-16-8-4-9-17-32)35-25-26-38-37-23-12-13-24-41(37)44(42(38)28-35)36-21-10-5-11-22-36/h4-5,8-14,16-17,19-30H,2-3,6-7,15,18H2,1H3. The number of hydrogen-bond donors (Lipinski definition) is 0. The van der Waals surface area contributed by atoms with Crippen molar-refractivity contribution in [3.63, 3.8) is 0 Å². The normalized spacial score (nSPS) is 11.4.